The number of hydrogen-bond donors (Lipinski definition) is 2. The summed E-state index contributed by atoms with van der Waals surface area (Å²) in [5.41, 5.74) is 6.16. The number of rotatable bonds is 3. The maximum absolute atomic E-state index is 6.20. The van der Waals surface area contributed by atoms with Crippen molar-refractivity contribution in [3.8, 4) is 0 Å². The Balaban J connectivity index is 2.48. The van der Waals surface area contributed by atoms with Crippen molar-refractivity contribution in [2.75, 3.05) is 0 Å². The van der Waals surface area contributed by atoms with Crippen LogP contribution in [0.5, 0.6) is 0 Å². The van der Waals surface area contributed by atoms with E-state index in [4.69, 9.17) is 17.4 Å². The fourth-order valence-electron chi connectivity index (χ4n) is 1.97. The van der Waals surface area contributed by atoms with E-state index in [-0.39, 0.29) is 6.04 Å². The molecule has 1 atom stereocenters. The lowest BCUT2D eigenvalue weighted by atomic mass is 9.95. The third-order valence-corrected chi connectivity index (χ3v) is 3.23. The van der Waals surface area contributed by atoms with Crippen LogP contribution in [0, 0.1) is 6.92 Å². The third-order valence-electron chi connectivity index (χ3n) is 2.88. The van der Waals surface area contributed by atoms with Crippen LogP contribution in [0.15, 0.2) is 48.5 Å². The molecule has 2 rings (SSSR count). The predicted octanol–water partition coefficient (Wildman–Crippen LogP) is 3.20. The van der Waals surface area contributed by atoms with E-state index in [1.54, 1.807) is 0 Å². The van der Waals surface area contributed by atoms with Crippen LogP contribution in [-0.2, 0) is 0 Å². The largest absolute Gasteiger partial charge is 0.271 e. The molecule has 0 fully saturated rings. The summed E-state index contributed by atoms with van der Waals surface area (Å²) >= 11 is 6.20. The molecule has 88 valence electrons. The van der Waals surface area contributed by atoms with E-state index >= 15 is 0 Å². The Hall–Kier alpha value is -1.35. The first-order chi connectivity index (χ1) is 8.24. The molecule has 0 spiro atoms. The summed E-state index contributed by atoms with van der Waals surface area (Å²) in [4.78, 5) is 0. The predicted molar refractivity (Wildman–Crippen MR) is 71.8 cm³/mol. The quantitative estimate of drug-likeness (QED) is 0.645. The highest BCUT2D eigenvalue weighted by Gasteiger charge is 2.16. The molecule has 0 aromatic heterocycles. The normalized spacial score (nSPS) is 12.4. The van der Waals surface area contributed by atoms with E-state index in [1.165, 1.54) is 5.56 Å². The van der Waals surface area contributed by atoms with Crippen LogP contribution in [0.1, 0.15) is 22.7 Å². The number of aryl methyl sites for hydroxylation is 1. The number of nitrogens with one attached hydrogen (secondary N) is 1. The van der Waals surface area contributed by atoms with Crippen LogP contribution in [0.2, 0.25) is 5.02 Å². The molecular formula is C14H15ClN2. The molecule has 0 saturated carbocycles. The Kier molecular flexibility index (Phi) is 3.79. The van der Waals surface area contributed by atoms with Crippen molar-refractivity contribution in [3.63, 3.8) is 0 Å². The molecule has 1 unspecified atom stereocenters. The van der Waals surface area contributed by atoms with E-state index in [0.717, 1.165) is 16.1 Å². The van der Waals surface area contributed by atoms with Gasteiger partial charge in [0.1, 0.15) is 0 Å². The summed E-state index contributed by atoms with van der Waals surface area (Å²) < 4.78 is 0. The number of hydrogen-bond acceptors (Lipinski definition) is 2. The molecule has 0 aliphatic carbocycles. The minimum absolute atomic E-state index is 0.0788. The molecule has 0 amide bonds. The van der Waals surface area contributed by atoms with Crippen LogP contribution >= 0.6 is 11.6 Å². The molecular weight excluding hydrogens is 232 g/mol. The van der Waals surface area contributed by atoms with Crippen molar-refractivity contribution in [3.05, 3.63) is 70.2 Å². The second-order valence-electron chi connectivity index (χ2n) is 3.98. The maximum Gasteiger partial charge on any atom is 0.0727 e. The Bertz CT molecular complexity index is 466. The third kappa shape index (κ3) is 2.50. The summed E-state index contributed by atoms with van der Waals surface area (Å²) in [6.07, 6.45) is 0. The Labute approximate surface area is 106 Å². The molecule has 3 N–H and O–H groups in total. The zero-order chi connectivity index (χ0) is 12.3. The zero-order valence-electron chi connectivity index (χ0n) is 9.65. The average Bonchev–Trinajstić information content (AvgIpc) is 2.34. The van der Waals surface area contributed by atoms with Gasteiger partial charge in [-0.25, -0.2) is 5.43 Å². The summed E-state index contributed by atoms with van der Waals surface area (Å²) in [7, 11) is 0. The van der Waals surface area contributed by atoms with Gasteiger partial charge < -0.3 is 0 Å². The van der Waals surface area contributed by atoms with Gasteiger partial charge in [-0.2, -0.15) is 0 Å². The number of benzene rings is 2. The highest BCUT2D eigenvalue weighted by molar-refractivity contribution is 6.31. The molecule has 17 heavy (non-hydrogen) atoms. The van der Waals surface area contributed by atoms with E-state index in [2.05, 4.69) is 24.5 Å². The lowest BCUT2D eigenvalue weighted by Gasteiger charge is -2.20. The first-order valence-electron chi connectivity index (χ1n) is 5.50. The first kappa shape index (κ1) is 12.1. The van der Waals surface area contributed by atoms with Gasteiger partial charge >= 0.3 is 0 Å². The van der Waals surface area contributed by atoms with Gasteiger partial charge in [-0.3, -0.25) is 5.84 Å². The van der Waals surface area contributed by atoms with Crippen LogP contribution in [0.4, 0.5) is 0 Å². The second kappa shape index (κ2) is 5.32. The van der Waals surface area contributed by atoms with E-state index in [0.29, 0.717) is 0 Å². The standard InChI is InChI=1S/C14H15ClN2/c1-10-6-2-3-7-11(10)14(17-16)12-8-4-5-9-13(12)15/h2-9,14,17H,16H2,1H3. The van der Waals surface area contributed by atoms with Crippen LogP contribution in [0.3, 0.4) is 0 Å². The fourth-order valence-corrected chi connectivity index (χ4v) is 2.21. The first-order valence-corrected chi connectivity index (χ1v) is 5.88. The second-order valence-corrected chi connectivity index (χ2v) is 4.38. The monoisotopic (exact) mass is 246 g/mol. The Morgan fingerprint density at radius 3 is 2.18 bits per heavy atom. The van der Waals surface area contributed by atoms with Crippen LogP contribution in [0.25, 0.3) is 0 Å². The summed E-state index contributed by atoms with van der Waals surface area (Å²) in [5.74, 6) is 5.67. The van der Waals surface area contributed by atoms with Gasteiger partial charge in [0.05, 0.1) is 6.04 Å². The molecule has 0 radical (unpaired) electrons. The van der Waals surface area contributed by atoms with E-state index in [9.17, 15) is 0 Å². The summed E-state index contributed by atoms with van der Waals surface area (Å²) in [6.45, 7) is 2.07. The maximum atomic E-state index is 6.20. The van der Waals surface area contributed by atoms with Crippen molar-refractivity contribution >= 4 is 11.6 Å². The zero-order valence-corrected chi connectivity index (χ0v) is 10.4. The molecule has 0 heterocycles. The Morgan fingerprint density at radius 1 is 1.00 bits per heavy atom. The van der Waals surface area contributed by atoms with Crippen molar-refractivity contribution in [2.45, 2.75) is 13.0 Å². The lowest BCUT2D eigenvalue weighted by molar-refractivity contribution is 0.634. The molecule has 2 aromatic rings. The van der Waals surface area contributed by atoms with Gasteiger partial charge in [-0.1, -0.05) is 54.1 Å². The molecule has 2 aromatic carbocycles. The van der Waals surface area contributed by atoms with E-state index in [1.807, 2.05) is 36.4 Å². The SMILES string of the molecule is Cc1ccccc1C(NN)c1ccccc1Cl. The molecule has 0 aliphatic rings. The van der Waals surface area contributed by atoms with Crippen molar-refractivity contribution in [2.24, 2.45) is 5.84 Å². The number of nitrogens with two attached hydrogens (primary N) is 1. The van der Waals surface area contributed by atoms with Gasteiger partial charge in [0, 0.05) is 5.02 Å². The smallest absolute Gasteiger partial charge is 0.0727 e. The van der Waals surface area contributed by atoms with Crippen LogP contribution in [-0.4, -0.2) is 0 Å². The van der Waals surface area contributed by atoms with Gasteiger partial charge in [-0.15, -0.1) is 0 Å². The van der Waals surface area contributed by atoms with Gasteiger partial charge in [0.2, 0.25) is 0 Å². The molecule has 0 saturated heterocycles. The molecule has 2 nitrogen and oxygen atoms in total. The minimum Gasteiger partial charge on any atom is -0.271 e. The highest BCUT2D eigenvalue weighted by atomic mass is 35.5. The van der Waals surface area contributed by atoms with Crippen molar-refractivity contribution < 1.29 is 0 Å². The summed E-state index contributed by atoms with van der Waals surface area (Å²) in [6, 6.07) is 15.8. The van der Waals surface area contributed by atoms with Crippen molar-refractivity contribution in [1.82, 2.24) is 5.43 Å². The summed E-state index contributed by atoms with van der Waals surface area (Å²) in [5, 5.41) is 0.721. The molecule has 0 aliphatic heterocycles. The average molecular weight is 247 g/mol. The van der Waals surface area contributed by atoms with Gasteiger partial charge in [0.25, 0.3) is 0 Å². The Morgan fingerprint density at radius 2 is 1.59 bits per heavy atom. The highest BCUT2D eigenvalue weighted by Crippen LogP contribution is 2.29. The van der Waals surface area contributed by atoms with Gasteiger partial charge in [-0.05, 0) is 29.7 Å². The van der Waals surface area contributed by atoms with Crippen LogP contribution < -0.4 is 11.3 Å². The number of hydrazine groups is 1. The number of halogens is 1. The van der Waals surface area contributed by atoms with Crippen molar-refractivity contribution in [1.29, 1.82) is 0 Å². The van der Waals surface area contributed by atoms with Gasteiger partial charge in [0.15, 0.2) is 0 Å². The minimum atomic E-state index is -0.0788. The molecule has 0 bridgehead atoms. The topological polar surface area (TPSA) is 38.0 Å². The lowest BCUT2D eigenvalue weighted by Crippen LogP contribution is -2.29. The fraction of sp³-hybridized carbons (Fsp3) is 0.143. The van der Waals surface area contributed by atoms with E-state index < -0.39 is 0 Å². The molecule has 3 heteroatoms.